The zero-order chi connectivity index (χ0) is 10.5. The van der Waals surface area contributed by atoms with Gasteiger partial charge in [0.05, 0.1) is 11.5 Å². The van der Waals surface area contributed by atoms with Crippen LogP contribution in [0.25, 0.3) is 0 Å². The number of amides is 1. The third-order valence-electron chi connectivity index (χ3n) is 1.31. The lowest BCUT2D eigenvalue weighted by Crippen LogP contribution is -2.33. The van der Waals surface area contributed by atoms with Crippen molar-refractivity contribution in [1.82, 2.24) is 5.32 Å². The van der Waals surface area contributed by atoms with Gasteiger partial charge in [-0.15, -0.1) is 0 Å². The molecule has 0 unspecified atom stereocenters. The lowest BCUT2D eigenvalue weighted by Gasteiger charge is -2.01. The van der Waals surface area contributed by atoms with Crippen molar-refractivity contribution in [3.05, 3.63) is 0 Å². The third-order valence-corrected chi connectivity index (χ3v) is 2.03. The van der Waals surface area contributed by atoms with E-state index in [2.05, 4.69) is 10.3 Å². The maximum absolute atomic E-state index is 10.9. The maximum Gasteiger partial charge on any atom is 0.266 e. The lowest BCUT2D eigenvalue weighted by molar-refractivity contribution is -0.114. The van der Waals surface area contributed by atoms with Gasteiger partial charge in [-0.1, -0.05) is 0 Å². The summed E-state index contributed by atoms with van der Waals surface area (Å²) in [7, 11) is -2.55. The number of hydrogen-bond acceptors (Lipinski definition) is 4. The summed E-state index contributed by atoms with van der Waals surface area (Å²) in [5.74, 6) is -0.929. The summed E-state index contributed by atoms with van der Waals surface area (Å²) in [5.41, 5.74) is 0.260. The van der Waals surface area contributed by atoms with Gasteiger partial charge >= 0.3 is 0 Å². The summed E-state index contributed by atoms with van der Waals surface area (Å²) in [6.07, 6.45) is 0. The number of nitrogens with one attached hydrogen (secondary N) is 1. The van der Waals surface area contributed by atoms with Crippen molar-refractivity contribution in [3.8, 4) is 0 Å². The molecular weight excluding hydrogens is 196 g/mol. The molecule has 0 aromatic carbocycles. The van der Waals surface area contributed by atoms with Crippen LogP contribution in [-0.2, 0) is 14.9 Å². The van der Waals surface area contributed by atoms with Gasteiger partial charge in [0.1, 0.15) is 0 Å². The fraction of sp³-hybridized carbons (Fsp3) is 0.667. The molecule has 0 bridgehead atoms. The van der Waals surface area contributed by atoms with Gasteiger partial charge in [-0.2, -0.15) is 8.42 Å². The molecule has 0 aromatic rings. The molecule has 0 radical (unpaired) electrons. The molecule has 1 amide bonds. The van der Waals surface area contributed by atoms with Gasteiger partial charge in [-0.25, -0.2) is 0 Å². The Balaban J connectivity index is 3.86. The minimum absolute atomic E-state index is 0.121. The molecule has 76 valence electrons. The van der Waals surface area contributed by atoms with E-state index in [1.54, 1.807) is 0 Å². The first-order valence-corrected chi connectivity index (χ1v) is 5.14. The Bertz CT molecular complexity index is 307. The SMILES string of the molecule is C/N=C(\C)C(=O)NCCS(=O)(=O)O. The Hall–Kier alpha value is -0.950. The van der Waals surface area contributed by atoms with Gasteiger partial charge in [0.15, 0.2) is 0 Å². The average Bonchev–Trinajstić information content (AvgIpc) is 2.00. The Labute approximate surface area is 76.8 Å². The topological polar surface area (TPSA) is 95.8 Å². The van der Waals surface area contributed by atoms with Crippen molar-refractivity contribution in [2.24, 2.45) is 4.99 Å². The highest BCUT2D eigenvalue weighted by Gasteiger charge is 2.07. The highest BCUT2D eigenvalue weighted by molar-refractivity contribution is 7.85. The molecule has 0 atom stereocenters. The van der Waals surface area contributed by atoms with Gasteiger partial charge in [-0.3, -0.25) is 14.3 Å². The third kappa shape index (κ3) is 6.23. The quantitative estimate of drug-likeness (QED) is 0.461. The molecule has 0 saturated carbocycles. The van der Waals surface area contributed by atoms with Crippen molar-refractivity contribution in [2.45, 2.75) is 6.92 Å². The largest absolute Gasteiger partial charge is 0.350 e. The zero-order valence-electron chi connectivity index (χ0n) is 7.44. The predicted molar refractivity (Wildman–Crippen MR) is 48.5 cm³/mol. The van der Waals surface area contributed by atoms with E-state index in [0.717, 1.165) is 0 Å². The fourth-order valence-electron chi connectivity index (χ4n) is 0.523. The van der Waals surface area contributed by atoms with Crippen molar-refractivity contribution < 1.29 is 17.8 Å². The molecular formula is C6H12N2O4S. The smallest absolute Gasteiger partial charge is 0.266 e. The van der Waals surface area contributed by atoms with E-state index >= 15 is 0 Å². The second-order valence-electron chi connectivity index (χ2n) is 2.35. The van der Waals surface area contributed by atoms with Crippen LogP contribution in [0.2, 0.25) is 0 Å². The summed E-state index contributed by atoms with van der Waals surface area (Å²) >= 11 is 0. The van der Waals surface area contributed by atoms with E-state index in [1.807, 2.05) is 0 Å². The first-order valence-electron chi connectivity index (χ1n) is 3.53. The van der Waals surface area contributed by atoms with Crippen LogP contribution in [0, 0.1) is 0 Å². The standard InChI is InChI=1S/C6H12N2O4S/c1-5(7-2)6(9)8-3-4-13(10,11)12/h3-4H2,1-2H3,(H,8,9)(H,10,11,12)/b7-5+. The van der Waals surface area contributed by atoms with E-state index < -0.39 is 21.8 Å². The van der Waals surface area contributed by atoms with Crippen molar-refractivity contribution >= 4 is 21.7 Å². The van der Waals surface area contributed by atoms with Gasteiger partial charge < -0.3 is 5.32 Å². The van der Waals surface area contributed by atoms with Gasteiger partial charge in [-0.05, 0) is 6.92 Å². The molecule has 0 heterocycles. The summed E-state index contributed by atoms with van der Waals surface area (Å²) in [5, 5.41) is 2.28. The summed E-state index contributed by atoms with van der Waals surface area (Å²) in [6.45, 7) is 1.38. The summed E-state index contributed by atoms with van der Waals surface area (Å²) in [4.78, 5) is 14.5. The van der Waals surface area contributed by atoms with Crippen LogP contribution < -0.4 is 5.32 Å². The lowest BCUT2D eigenvalue weighted by atomic mass is 10.4. The molecule has 6 nitrogen and oxygen atoms in total. The molecule has 2 N–H and O–H groups in total. The first kappa shape index (κ1) is 12.0. The molecule has 0 spiro atoms. The molecule has 0 saturated heterocycles. The van der Waals surface area contributed by atoms with Crippen LogP contribution in [0.5, 0.6) is 0 Å². The number of carbonyl (C=O) groups is 1. The highest BCUT2D eigenvalue weighted by atomic mass is 32.2. The Morgan fingerprint density at radius 1 is 1.54 bits per heavy atom. The Kier molecular flexibility index (Phi) is 4.57. The van der Waals surface area contributed by atoms with Crippen LogP contribution in [-0.4, -0.2) is 43.9 Å². The van der Waals surface area contributed by atoms with E-state index in [4.69, 9.17) is 4.55 Å². The van der Waals surface area contributed by atoms with Gasteiger partial charge in [0.2, 0.25) is 0 Å². The molecule has 0 aromatic heterocycles. The predicted octanol–water partition coefficient (Wildman–Crippen LogP) is -0.919. The molecule has 0 aliphatic rings. The van der Waals surface area contributed by atoms with E-state index in [-0.39, 0.29) is 12.3 Å². The van der Waals surface area contributed by atoms with Gasteiger partial charge in [0, 0.05) is 13.6 Å². The molecule has 0 fully saturated rings. The fourth-order valence-corrected chi connectivity index (χ4v) is 0.883. The molecule has 0 aliphatic heterocycles. The monoisotopic (exact) mass is 208 g/mol. The first-order chi connectivity index (χ1) is 5.87. The number of nitrogens with zero attached hydrogens (tertiary/aromatic N) is 1. The normalized spacial score (nSPS) is 12.7. The number of aliphatic imine (C=N–C) groups is 1. The minimum atomic E-state index is -4.01. The second kappa shape index (κ2) is 4.93. The van der Waals surface area contributed by atoms with Crippen LogP contribution in [0.1, 0.15) is 6.92 Å². The summed E-state index contributed by atoms with van der Waals surface area (Å²) < 4.78 is 28.8. The number of hydrogen-bond donors (Lipinski definition) is 2. The van der Waals surface area contributed by atoms with E-state index in [0.29, 0.717) is 0 Å². The zero-order valence-corrected chi connectivity index (χ0v) is 8.26. The highest BCUT2D eigenvalue weighted by Crippen LogP contribution is 1.80. The molecule has 0 aliphatic carbocycles. The Morgan fingerprint density at radius 2 is 2.08 bits per heavy atom. The van der Waals surface area contributed by atoms with Crippen LogP contribution >= 0.6 is 0 Å². The minimum Gasteiger partial charge on any atom is -0.350 e. The van der Waals surface area contributed by atoms with Crippen molar-refractivity contribution in [2.75, 3.05) is 19.3 Å². The number of carbonyl (C=O) groups excluding carboxylic acids is 1. The van der Waals surface area contributed by atoms with Gasteiger partial charge in [0.25, 0.3) is 16.0 Å². The van der Waals surface area contributed by atoms with E-state index in [1.165, 1.54) is 14.0 Å². The second-order valence-corrected chi connectivity index (χ2v) is 3.92. The summed E-state index contributed by atoms with van der Waals surface area (Å²) in [6, 6.07) is 0. The van der Waals surface area contributed by atoms with Crippen LogP contribution in [0.4, 0.5) is 0 Å². The van der Waals surface area contributed by atoms with Crippen LogP contribution in [0.15, 0.2) is 4.99 Å². The number of rotatable bonds is 4. The molecule has 7 heteroatoms. The van der Waals surface area contributed by atoms with Crippen LogP contribution in [0.3, 0.4) is 0 Å². The molecule has 0 rings (SSSR count). The van der Waals surface area contributed by atoms with E-state index in [9.17, 15) is 13.2 Å². The van der Waals surface area contributed by atoms with Crippen molar-refractivity contribution in [1.29, 1.82) is 0 Å². The molecule has 13 heavy (non-hydrogen) atoms. The average molecular weight is 208 g/mol. The maximum atomic E-state index is 10.9. The van der Waals surface area contributed by atoms with Crippen molar-refractivity contribution in [3.63, 3.8) is 0 Å². The Morgan fingerprint density at radius 3 is 2.46 bits per heavy atom.